The van der Waals surface area contributed by atoms with Gasteiger partial charge in [-0.25, -0.2) is 0 Å². The Hall–Kier alpha value is -1.57. The Balaban J connectivity index is 2.33. The molecular formula is C15H18O2. The minimum absolute atomic E-state index is 0.440. The summed E-state index contributed by atoms with van der Waals surface area (Å²) in [5.74, 6) is -1.20. The molecule has 0 amide bonds. The molecule has 0 heterocycles. The van der Waals surface area contributed by atoms with Gasteiger partial charge in [0.05, 0.1) is 5.92 Å². The number of aliphatic carboxylic acids is 1. The number of hydrogen-bond donors (Lipinski definition) is 1. The first kappa shape index (κ1) is 11.9. The van der Waals surface area contributed by atoms with Gasteiger partial charge in [0.25, 0.3) is 0 Å². The molecule has 0 spiro atoms. The topological polar surface area (TPSA) is 37.3 Å². The van der Waals surface area contributed by atoms with Crippen LogP contribution >= 0.6 is 0 Å². The normalized spacial score (nSPS) is 16.9. The van der Waals surface area contributed by atoms with Crippen molar-refractivity contribution in [3.8, 4) is 0 Å². The van der Waals surface area contributed by atoms with Crippen molar-refractivity contribution < 1.29 is 9.90 Å². The van der Waals surface area contributed by atoms with Crippen LogP contribution in [0.5, 0.6) is 0 Å². The third-order valence-corrected chi connectivity index (χ3v) is 3.44. The summed E-state index contributed by atoms with van der Waals surface area (Å²) in [6.07, 6.45) is 7.04. The Bertz CT molecular complexity index is 438. The molecule has 1 N–H and O–H groups in total. The molecule has 0 aromatic heterocycles. The van der Waals surface area contributed by atoms with Crippen molar-refractivity contribution in [3.63, 3.8) is 0 Å². The molecule has 1 fully saturated rings. The Kier molecular flexibility index (Phi) is 3.62. The molecule has 2 heteroatoms. The lowest BCUT2D eigenvalue weighted by molar-refractivity contribution is -0.138. The fourth-order valence-corrected chi connectivity index (χ4v) is 2.36. The van der Waals surface area contributed by atoms with Crippen LogP contribution < -0.4 is 0 Å². The molecule has 17 heavy (non-hydrogen) atoms. The van der Waals surface area contributed by atoms with Crippen molar-refractivity contribution in [2.45, 2.75) is 38.5 Å². The molecule has 0 bridgehead atoms. The van der Waals surface area contributed by atoms with Crippen LogP contribution in [0.3, 0.4) is 0 Å². The highest BCUT2D eigenvalue weighted by atomic mass is 16.4. The summed E-state index contributed by atoms with van der Waals surface area (Å²) in [6, 6.07) is 7.81. The average molecular weight is 230 g/mol. The van der Waals surface area contributed by atoms with Crippen molar-refractivity contribution in [2.75, 3.05) is 0 Å². The molecule has 1 aliphatic rings. The third kappa shape index (κ3) is 2.76. The largest absolute Gasteiger partial charge is 0.481 e. The lowest BCUT2D eigenvalue weighted by Crippen LogP contribution is -2.08. The van der Waals surface area contributed by atoms with E-state index < -0.39 is 11.9 Å². The molecule has 0 aliphatic heterocycles. The van der Waals surface area contributed by atoms with Crippen molar-refractivity contribution in [3.05, 3.63) is 41.0 Å². The predicted octanol–water partition coefficient (Wildman–Crippen LogP) is 3.83. The Morgan fingerprint density at radius 3 is 2.59 bits per heavy atom. The number of allylic oxidation sites excluding steroid dienone is 1. The van der Waals surface area contributed by atoms with Crippen LogP contribution in [0.4, 0.5) is 0 Å². The van der Waals surface area contributed by atoms with E-state index in [1.165, 1.54) is 18.4 Å². The van der Waals surface area contributed by atoms with Gasteiger partial charge in [-0.1, -0.05) is 35.9 Å². The molecular weight excluding hydrogens is 212 g/mol. The number of carbonyl (C=O) groups is 1. The molecule has 1 aromatic rings. The zero-order valence-corrected chi connectivity index (χ0v) is 10.1. The minimum atomic E-state index is -0.762. The summed E-state index contributed by atoms with van der Waals surface area (Å²) in [6.45, 7) is 1.74. The molecule has 1 aliphatic carbocycles. The second-order valence-electron chi connectivity index (χ2n) is 4.70. The van der Waals surface area contributed by atoms with E-state index in [0.717, 1.165) is 24.0 Å². The highest BCUT2D eigenvalue weighted by Gasteiger charge is 2.16. The van der Waals surface area contributed by atoms with Gasteiger partial charge in [0, 0.05) is 0 Å². The monoisotopic (exact) mass is 230 g/mol. The lowest BCUT2D eigenvalue weighted by atomic mass is 9.94. The maximum absolute atomic E-state index is 11.1. The number of hydrogen-bond acceptors (Lipinski definition) is 1. The maximum Gasteiger partial charge on any atom is 0.310 e. The molecule has 1 unspecified atom stereocenters. The number of carboxylic acid groups (broad SMARTS) is 1. The van der Waals surface area contributed by atoms with Gasteiger partial charge in [-0.05, 0) is 43.7 Å². The highest BCUT2D eigenvalue weighted by Crippen LogP contribution is 2.29. The van der Waals surface area contributed by atoms with Gasteiger partial charge in [0.1, 0.15) is 0 Å². The van der Waals surface area contributed by atoms with Crippen LogP contribution in [0.25, 0.3) is 6.08 Å². The van der Waals surface area contributed by atoms with Gasteiger partial charge in [-0.2, -0.15) is 0 Å². The average Bonchev–Trinajstić information content (AvgIpc) is 2.81. The molecule has 2 nitrogen and oxygen atoms in total. The molecule has 2 rings (SSSR count). The highest BCUT2D eigenvalue weighted by molar-refractivity contribution is 5.77. The van der Waals surface area contributed by atoms with Crippen molar-refractivity contribution in [1.29, 1.82) is 0 Å². The first-order valence-corrected chi connectivity index (χ1v) is 6.19. The number of rotatable bonds is 3. The second kappa shape index (κ2) is 5.17. The van der Waals surface area contributed by atoms with Gasteiger partial charge in [-0.15, -0.1) is 0 Å². The van der Waals surface area contributed by atoms with Crippen molar-refractivity contribution in [1.82, 2.24) is 0 Å². The third-order valence-electron chi connectivity index (χ3n) is 3.44. The van der Waals surface area contributed by atoms with E-state index in [1.807, 2.05) is 24.3 Å². The van der Waals surface area contributed by atoms with Crippen LogP contribution in [0, 0.1) is 0 Å². The Morgan fingerprint density at radius 1 is 1.29 bits per heavy atom. The molecule has 90 valence electrons. The summed E-state index contributed by atoms with van der Waals surface area (Å²) in [7, 11) is 0. The predicted molar refractivity (Wildman–Crippen MR) is 68.9 cm³/mol. The SMILES string of the molecule is CC(C(=O)O)c1ccccc1C=C1CCCC1. The van der Waals surface area contributed by atoms with Gasteiger partial charge in [0.15, 0.2) is 0 Å². The zero-order valence-electron chi connectivity index (χ0n) is 10.1. The van der Waals surface area contributed by atoms with Gasteiger partial charge >= 0.3 is 5.97 Å². The summed E-state index contributed by atoms with van der Waals surface area (Å²) < 4.78 is 0. The molecule has 0 saturated heterocycles. The summed E-state index contributed by atoms with van der Waals surface area (Å²) in [4.78, 5) is 11.1. The Morgan fingerprint density at radius 2 is 1.94 bits per heavy atom. The van der Waals surface area contributed by atoms with E-state index in [0.29, 0.717) is 0 Å². The van der Waals surface area contributed by atoms with Gasteiger partial charge < -0.3 is 5.11 Å². The van der Waals surface area contributed by atoms with Crippen LogP contribution in [-0.4, -0.2) is 11.1 Å². The standard InChI is InChI=1S/C15H18O2/c1-11(15(16)17)14-9-5-4-8-13(14)10-12-6-2-3-7-12/h4-5,8-11H,2-3,6-7H2,1H3,(H,16,17). The maximum atomic E-state index is 11.1. The first-order chi connectivity index (χ1) is 8.18. The van der Waals surface area contributed by atoms with Gasteiger partial charge in [-0.3, -0.25) is 4.79 Å². The smallest absolute Gasteiger partial charge is 0.310 e. The van der Waals surface area contributed by atoms with Gasteiger partial charge in [0.2, 0.25) is 0 Å². The second-order valence-corrected chi connectivity index (χ2v) is 4.70. The van der Waals surface area contributed by atoms with E-state index in [4.69, 9.17) is 5.11 Å². The van der Waals surface area contributed by atoms with Crippen LogP contribution in [0.15, 0.2) is 29.8 Å². The summed E-state index contributed by atoms with van der Waals surface area (Å²) in [5, 5.41) is 9.10. The fourth-order valence-electron chi connectivity index (χ4n) is 2.36. The molecule has 0 radical (unpaired) electrons. The van der Waals surface area contributed by atoms with Crippen molar-refractivity contribution in [2.24, 2.45) is 0 Å². The number of benzene rings is 1. The summed E-state index contributed by atoms with van der Waals surface area (Å²) in [5.41, 5.74) is 3.44. The van der Waals surface area contributed by atoms with E-state index >= 15 is 0 Å². The van der Waals surface area contributed by atoms with E-state index in [9.17, 15) is 4.79 Å². The van der Waals surface area contributed by atoms with Crippen LogP contribution in [0.2, 0.25) is 0 Å². The first-order valence-electron chi connectivity index (χ1n) is 6.19. The van der Waals surface area contributed by atoms with Crippen LogP contribution in [0.1, 0.15) is 49.7 Å². The minimum Gasteiger partial charge on any atom is -0.481 e. The number of carboxylic acids is 1. The van der Waals surface area contributed by atoms with Crippen molar-refractivity contribution >= 4 is 12.0 Å². The quantitative estimate of drug-likeness (QED) is 0.856. The van der Waals surface area contributed by atoms with E-state index in [2.05, 4.69) is 6.08 Å². The van der Waals surface area contributed by atoms with Crippen LogP contribution in [-0.2, 0) is 4.79 Å². The zero-order chi connectivity index (χ0) is 12.3. The fraction of sp³-hybridized carbons (Fsp3) is 0.400. The van der Waals surface area contributed by atoms with E-state index in [-0.39, 0.29) is 0 Å². The molecule has 1 saturated carbocycles. The Labute approximate surface area is 102 Å². The summed E-state index contributed by atoms with van der Waals surface area (Å²) >= 11 is 0. The lowest BCUT2D eigenvalue weighted by Gasteiger charge is -2.11. The van der Waals surface area contributed by atoms with E-state index in [1.54, 1.807) is 6.92 Å². The molecule has 1 atom stereocenters. The molecule has 1 aromatic carbocycles.